The molecule has 23 heavy (non-hydrogen) atoms. The number of rotatable bonds is 7. The van der Waals surface area contributed by atoms with Gasteiger partial charge in [0.05, 0.1) is 19.6 Å². The van der Waals surface area contributed by atoms with Crippen LogP contribution in [-0.2, 0) is 11.2 Å². The van der Waals surface area contributed by atoms with Gasteiger partial charge in [-0.15, -0.1) is 0 Å². The van der Waals surface area contributed by atoms with E-state index in [9.17, 15) is 4.79 Å². The maximum atomic E-state index is 12.4. The molecule has 0 radical (unpaired) electrons. The lowest BCUT2D eigenvalue weighted by atomic mass is 10.1. The molecule has 0 saturated carbocycles. The van der Waals surface area contributed by atoms with E-state index in [1.54, 1.807) is 7.11 Å². The molecule has 0 aromatic heterocycles. The first-order chi connectivity index (χ1) is 11.1. The van der Waals surface area contributed by atoms with Crippen molar-refractivity contribution in [2.24, 2.45) is 0 Å². The van der Waals surface area contributed by atoms with Crippen molar-refractivity contribution in [1.29, 1.82) is 0 Å². The number of nitrogens with zero attached hydrogens (tertiary/aromatic N) is 1. The molecule has 4 heteroatoms. The molecule has 0 aliphatic rings. The Labute approximate surface area is 138 Å². The van der Waals surface area contributed by atoms with Gasteiger partial charge in [-0.05, 0) is 37.4 Å². The monoisotopic (exact) mass is 312 g/mol. The predicted molar refractivity (Wildman–Crippen MR) is 92.6 cm³/mol. The molecule has 0 unspecified atom stereocenters. The van der Waals surface area contributed by atoms with Crippen LogP contribution in [0, 0.1) is 0 Å². The third-order valence-electron chi connectivity index (χ3n) is 3.61. The van der Waals surface area contributed by atoms with Gasteiger partial charge in [-0.3, -0.25) is 4.79 Å². The minimum absolute atomic E-state index is 0.0167. The molecular weight excluding hydrogens is 288 g/mol. The van der Waals surface area contributed by atoms with Crippen LogP contribution >= 0.6 is 0 Å². The van der Waals surface area contributed by atoms with Crippen LogP contribution in [0.25, 0.3) is 0 Å². The standard InChI is InChI=1S/C19H24N2O2/c1-21(2)14-18(16-7-5-4-6-8-16)20-19(22)13-15-9-11-17(23-3)12-10-15/h4-12,18H,13-14H2,1-3H3,(H,20,22)/t18-/m0/s1. The molecule has 2 aromatic carbocycles. The molecule has 1 atom stereocenters. The van der Waals surface area contributed by atoms with Crippen molar-refractivity contribution < 1.29 is 9.53 Å². The van der Waals surface area contributed by atoms with Crippen LogP contribution in [0.3, 0.4) is 0 Å². The maximum Gasteiger partial charge on any atom is 0.224 e. The Kier molecular flexibility index (Phi) is 6.18. The molecule has 0 heterocycles. The van der Waals surface area contributed by atoms with E-state index >= 15 is 0 Å². The lowest BCUT2D eigenvalue weighted by Crippen LogP contribution is -2.36. The summed E-state index contributed by atoms with van der Waals surface area (Å²) in [5, 5.41) is 3.13. The molecule has 0 saturated heterocycles. The van der Waals surface area contributed by atoms with Crippen molar-refractivity contribution in [3.63, 3.8) is 0 Å². The lowest BCUT2D eigenvalue weighted by Gasteiger charge is -2.23. The van der Waals surface area contributed by atoms with Crippen LogP contribution in [0.15, 0.2) is 54.6 Å². The van der Waals surface area contributed by atoms with E-state index in [0.717, 1.165) is 23.4 Å². The topological polar surface area (TPSA) is 41.6 Å². The normalized spacial score (nSPS) is 12.0. The highest BCUT2D eigenvalue weighted by atomic mass is 16.5. The molecule has 4 nitrogen and oxygen atoms in total. The molecule has 122 valence electrons. The molecule has 2 rings (SSSR count). The Hall–Kier alpha value is -2.33. The zero-order chi connectivity index (χ0) is 16.7. The largest absolute Gasteiger partial charge is 0.497 e. The van der Waals surface area contributed by atoms with Gasteiger partial charge in [0.25, 0.3) is 0 Å². The van der Waals surface area contributed by atoms with E-state index in [-0.39, 0.29) is 11.9 Å². The second-order valence-corrected chi connectivity index (χ2v) is 5.82. The van der Waals surface area contributed by atoms with Gasteiger partial charge in [0.1, 0.15) is 5.75 Å². The number of amides is 1. The van der Waals surface area contributed by atoms with Crippen LogP contribution in [-0.4, -0.2) is 38.6 Å². The molecule has 0 aliphatic heterocycles. The Morgan fingerprint density at radius 3 is 2.30 bits per heavy atom. The average molecular weight is 312 g/mol. The van der Waals surface area contributed by atoms with Crippen molar-refractivity contribution in [2.75, 3.05) is 27.7 Å². The minimum Gasteiger partial charge on any atom is -0.497 e. The third kappa shape index (κ3) is 5.42. The Morgan fingerprint density at radius 2 is 1.74 bits per heavy atom. The third-order valence-corrected chi connectivity index (χ3v) is 3.61. The lowest BCUT2D eigenvalue weighted by molar-refractivity contribution is -0.121. The molecule has 0 fully saturated rings. The fourth-order valence-electron chi connectivity index (χ4n) is 2.46. The molecule has 2 aromatic rings. The first-order valence-corrected chi connectivity index (χ1v) is 7.70. The molecule has 0 bridgehead atoms. The van der Waals surface area contributed by atoms with Gasteiger partial charge >= 0.3 is 0 Å². The first-order valence-electron chi connectivity index (χ1n) is 7.70. The Bertz CT molecular complexity index is 609. The maximum absolute atomic E-state index is 12.4. The van der Waals surface area contributed by atoms with E-state index in [1.165, 1.54) is 0 Å². The van der Waals surface area contributed by atoms with Crippen molar-refractivity contribution in [3.05, 3.63) is 65.7 Å². The minimum atomic E-state index is -0.0167. The molecule has 0 aliphatic carbocycles. The number of nitrogens with one attached hydrogen (secondary N) is 1. The van der Waals surface area contributed by atoms with Crippen molar-refractivity contribution >= 4 is 5.91 Å². The summed E-state index contributed by atoms with van der Waals surface area (Å²) < 4.78 is 5.13. The van der Waals surface area contributed by atoms with Gasteiger partial charge in [-0.1, -0.05) is 42.5 Å². The van der Waals surface area contributed by atoms with Crippen molar-refractivity contribution in [2.45, 2.75) is 12.5 Å². The van der Waals surface area contributed by atoms with Gasteiger partial charge in [-0.2, -0.15) is 0 Å². The summed E-state index contributed by atoms with van der Waals surface area (Å²) in [6.45, 7) is 0.762. The number of carbonyl (C=O) groups is 1. The second-order valence-electron chi connectivity index (χ2n) is 5.82. The number of methoxy groups -OCH3 is 1. The quantitative estimate of drug-likeness (QED) is 0.854. The molecule has 1 amide bonds. The van der Waals surface area contributed by atoms with E-state index in [2.05, 4.69) is 10.2 Å². The highest BCUT2D eigenvalue weighted by molar-refractivity contribution is 5.79. The fraction of sp³-hybridized carbons (Fsp3) is 0.316. The highest BCUT2D eigenvalue weighted by Crippen LogP contribution is 2.15. The Balaban J connectivity index is 2.02. The van der Waals surface area contributed by atoms with Crippen molar-refractivity contribution in [3.8, 4) is 5.75 Å². The predicted octanol–water partition coefficient (Wildman–Crippen LogP) is 2.66. The number of benzene rings is 2. The highest BCUT2D eigenvalue weighted by Gasteiger charge is 2.15. The van der Waals surface area contributed by atoms with Gasteiger partial charge in [0.15, 0.2) is 0 Å². The van der Waals surface area contributed by atoms with E-state index < -0.39 is 0 Å². The number of carbonyl (C=O) groups excluding carboxylic acids is 1. The summed E-state index contributed by atoms with van der Waals surface area (Å²) in [4.78, 5) is 14.4. The SMILES string of the molecule is COc1ccc(CC(=O)N[C@@H](CN(C)C)c2ccccc2)cc1. The number of ether oxygens (including phenoxy) is 1. The summed E-state index contributed by atoms with van der Waals surface area (Å²) in [6.07, 6.45) is 0.362. The summed E-state index contributed by atoms with van der Waals surface area (Å²) in [5.74, 6) is 0.815. The number of hydrogen-bond acceptors (Lipinski definition) is 3. The van der Waals surface area contributed by atoms with E-state index in [0.29, 0.717) is 6.42 Å². The van der Waals surface area contributed by atoms with Gasteiger partial charge in [0.2, 0.25) is 5.91 Å². The summed E-state index contributed by atoms with van der Waals surface area (Å²) >= 11 is 0. The van der Waals surface area contributed by atoms with Gasteiger partial charge in [0, 0.05) is 6.54 Å². The Morgan fingerprint density at radius 1 is 1.09 bits per heavy atom. The number of hydrogen-bond donors (Lipinski definition) is 1. The zero-order valence-corrected chi connectivity index (χ0v) is 14.0. The summed E-state index contributed by atoms with van der Waals surface area (Å²) in [5.41, 5.74) is 2.09. The van der Waals surface area contributed by atoms with E-state index in [4.69, 9.17) is 4.74 Å². The fourth-order valence-corrected chi connectivity index (χ4v) is 2.46. The number of likely N-dealkylation sites (N-methyl/N-ethyl adjacent to an activating group) is 1. The van der Waals surface area contributed by atoms with Crippen molar-refractivity contribution in [1.82, 2.24) is 10.2 Å². The summed E-state index contributed by atoms with van der Waals surface area (Å²) in [7, 11) is 5.64. The van der Waals surface area contributed by atoms with Crippen LogP contribution in [0.5, 0.6) is 5.75 Å². The molecule has 1 N–H and O–H groups in total. The smallest absolute Gasteiger partial charge is 0.224 e. The summed E-state index contributed by atoms with van der Waals surface area (Å²) in [6, 6.07) is 17.6. The van der Waals surface area contributed by atoms with Crippen LogP contribution < -0.4 is 10.1 Å². The van der Waals surface area contributed by atoms with Crippen LogP contribution in [0.1, 0.15) is 17.2 Å². The average Bonchev–Trinajstić information content (AvgIpc) is 2.55. The van der Waals surface area contributed by atoms with Gasteiger partial charge < -0.3 is 15.0 Å². The van der Waals surface area contributed by atoms with Gasteiger partial charge in [-0.25, -0.2) is 0 Å². The first kappa shape index (κ1) is 17.0. The van der Waals surface area contributed by atoms with E-state index in [1.807, 2.05) is 68.7 Å². The second kappa shape index (κ2) is 8.34. The zero-order valence-electron chi connectivity index (χ0n) is 14.0. The van der Waals surface area contributed by atoms with Crippen LogP contribution in [0.2, 0.25) is 0 Å². The molecular formula is C19H24N2O2. The molecule has 0 spiro atoms. The van der Waals surface area contributed by atoms with Crippen LogP contribution in [0.4, 0.5) is 0 Å².